The van der Waals surface area contributed by atoms with E-state index >= 15 is 0 Å². The highest BCUT2D eigenvalue weighted by Gasteiger charge is 2.10. The second kappa shape index (κ2) is 11.0. The molecule has 1 aromatic heterocycles. The molecule has 0 aliphatic carbocycles. The summed E-state index contributed by atoms with van der Waals surface area (Å²) in [4.78, 5) is 35.5. The van der Waals surface area contributed by atoms with Crippen LogP contribution >= 0.6 is 23.1 Å². The van der Waals surface area contributed by atoms with Crippen LogP contribution < -0.4 is 10.6 Å². The number of thioether (sulfide) groups is 1. The molecule has 2 N–H and O–H groups in total. The van der Waals surface area contributed by atoms with E-state index in [9.17, 15) is 14.4 Å². The summed E-state index contributed by atoms with van der Waals surface area (Å²) >= 11 is 2.39. The summed E-state index contributed by atoms with van der Waals surface area (Å²) in [6.45, 7) is 0. The minimum absolute atomic E-state index is 0.120. The first kappa shape index (κ1) is 22.2. The molecule has 31 heavy (non-hydrogen) atoms. The average Bonchev–Trinajstić information content (AvgIpc) is 3.24. The van der Waals surface area contributed by atoms with Crippen molar-refractivity contribution in [2.45, 2.75) is 4.34 Å². The maximum absolute atomic E-state index is 12.1. The van der Waals surface area contributed by atoms with Crippen LogP contribution in [0.4, 0.5) is 10.8 Å². The monoisotopic (exact) mass is 454 g/mol. The number of ether oxygens (including phenoxy) is 1. The third kappa shape index (κ3) is 7.05. The van der Waals surface area contributed by atoms with Crippen LogP contribution in [0.1, 0.15) is 15.9 Å². The highest BCUT2D eigenvalue weighted by atomic mass is 32.2. The van der Waals surface area contributed by atoms with E-state index in [1.54, 1.807) is 30.3 Å². The second-order valence-electron chi connectivity index (χ2n) is 6.01. The van der Waals surface area contributed by atoms with Crippen LogP contribution in [0.3, 0.4) is 0 Å². The van der Waals surface area contributed by atoms with Gasteiger partial charge < -0.3 is 10.1 Å². The van der Waals surface area contributed by atoms with Gasteiger partial charge in [0.25, 0.3) is 0 Å². The van der Waals surface area contributed by atoms with Crippen LogP contribution in [0.25, 0.3) is 6.08 Å². The first-order valence-electron chi connectivity index (χ1n) is 9.02. The molecular weight excluding hydrogens is 436 g/mol. The van der Waals surface area contributed by atoms with Gasteiger partial charge in [-0.3, -0.25) is 14.9 Å². The molecule has 8 nitrogen and oxygen atoms in total. The van der Waals surface area contributed by atoms with Crippen LogP contribution in [0.2, 0.25) is 0 Å². The molecule has 0 spiro atoms. The highest BCUT2D eigenvalue weighted by Crippen LogP contribution is 2.25. The van der Waals surface area contributed by atoms with E-state index in [0.29, 0.717) is 20.7 Å². The van der Waals surface area contributed by atoms with Gasteiger partial charge in [0.1, 0.15) is 0 Å². The fraction of sp³-hybridized carbons (Fsp3) is 0.0952. The number of carbonyl (C=O) groups excluding carboxylic acids is 3. The number of nitrogens with one attached hydrogen (secondary N) is 2. The first-order valence-corrected chi connectivity index (χ1v) is 10.8. The molecule has 0 radical (unpaired) electrons. The molecule has 0 saturated heterocycles. The summed E-state index contributed by atoms with van der Waals surface area (Å²) in [6.07, 6.45) is 3.12. The maximum Gasteiger partial charge on any atom is 0.337 e. The largest absolute Gasteiger partial charge is 0.465 e. The van der Waals surface area contributed by atoms with Gasteiger partial charge in [-0.15, -0.1) is 10.2 Å². The molecule has 0 unspecified atom stereocenters. The summed E-state index contributed by atoms with van der Waals surface area (Å²) < 4.78 is 5.19. The second-order valence-corrected chi connectivity index (χ2v) is 8.21. The number of nitrogens with zero attached hydrogens (tertiary/aromatic N) is 2. The van der Waals surface area contributed by atoms with Gasteiger partial charge in [0.15, 0.2) is 4.34 Å². The van der Waals surface area contributed by atoms with Gasteiger partial charge in [0, 0.05) is 11.8 Å². The number of esters is 1. The van der Waals surface area contributed by atoms with Crippen molar-refractivity contribution in [2.24, 2.45) is 0 Å². The van der Waals surface area contributed by atoms with Crippen LogP contribution in [-0.4, -0.2) is 40.8 Å². The Morgan fingerprint density at radius 2 is 1.77 bits per heavy atom. The topological polar surface area (TPSA) is 110 Å². The molecule has 0 saturated carbocycles. The van der Waals surface area contributed by atoms with Crippen molar-refractivity contribution < 1.29 is 19.1 Å². The number of carbonyl (C=O) groups is 3. The normalized spacial score (nSPS) is 10.6. The minimum atomic E-state index is -0.442. The number of methoxy groups -OCH3 is 1. The van der Waals surface area contributed by atoms with Gasteiger partial charge in [0.05, 0.1) is 18.4 Å². The van der Waals surface area contributed by atoms with Crippen molar-refractivity contribution in [2.75, 3.05) is 23.5 Å². The Bertz CT molecular complexity index is 1080. The molecule has 0 aliphatic rings. The van der Waals surface area contributed by atoms with Crippen molar-refractivity contribution in [1.82, 2.24) is 10.2 Å². The van der Waals surface area contributed by atoms with Crippen molar-refractivity contribution in [3.05, 3.63) is 71.8 Å². The van der Waals surface area contributed by atoms with Crippen molar-refractivity contribution in [1.29, 1.82) is 0 Å². The Morgan fingerprint density at radius 1 is 1.03 bits per heavy atom. The van der Waals surface area contributed by atoms with E-state index < -0.39 is 5.97 Å². The minimum Gasteiger partial charge on any atom is -0.465 e. The Labute approximate surface area is 186 Å². The van der Waals surface area contributed by atoms with Gasteiger partial charge in [-0.1, -0.05) is 53.4 Å². The fourth-order valence-corrected chi connectivity index (χ4v) is 3.89. The third-order valence-corrected chi connectivity index (χ3v) is 5.75. The molecule has 1 heterocycles. The summed E-state index contributed by atoms with van der Waals surface area (Å²) in [6, 6.07) is 15.8. The van der Waals surface area contributed by atoms with Crippen molar-refractivity contribution >= 4 is 57.8 Å². The number of amides is 2. The van der Waals surface area contributed by atoms with Crippen LogP contribution in [0.5, 0.6) is 0 Å². The summed E-state index contributed by atoms with van der Waals surface area (Å²) in [5.41, 5.74) is 1.88. The zero-order valence-corrected chi connectivity index (χ0v) is 18.0. The lowest BCUT2D eigenvalue weighted by atomic mass is 10.2. The summed E-state index contributed by atoms with van der Waals surface area (Å²) in [5, 5.41) is 13.6. The Morgan fingerprint density at radius 3 is 2.48 bits per heavy atom. The zero-order valence-electron chi connectivity index (χ0n) is 16.4. The van der Waals surface area contributed by atoms with E-state index in [4.69, 9.17) is 0 Å². The number of aromatic nitrogens is 2. The lowest BCUT2D eigenvalue weighted by Gasteiger charge is -2.05. The van der Waals surface area contributed by atoms with Gasteiger partial charge in [0.2, 0.25) is 16.9 Å². The molecule has 158 valence electrons. The quantitative estimate of drug-likeness (QED) is 0.231. The number of hydrogen-bond acceptors (Lipinski definition) is 8. The van der Waals surface area contributed by atoms with Gasteiger partial charge >= 0.3 is 5.97 Å². The number of anilines is 2. The molecule has 3 aromatic rings. The molecule has 3 rings (SSSR count). The number of benzene rings is 2. The van der Waals surface area contributed by atoms with Gasteiger partial charge in [-0.25, -0.2) is 4.79 Å². The predicted molar refractivity (Wildman–Crippen MR) is 121 cm³/mol. The van der Waals surface area contributed by atoms with Gasteiger partial charge in [-0.05, 0) is 35.9 Å². The van der Waals surface area contributed by atoms with Crippen LogP contribution in [-0.2, 0) is 14.3 Å². The van der Waals surface area contributed by atoms with E-state index in [0.717, 1.165) is 5.56 Å². The summed E-state index contributed by atoms with van der Waals surface area (Å²) in [5.74, 6) is -0.870. The fourth-order valence-electron chi connectivity index (χ4n) is 2.33. The Kier molecular flexibility index (Phi) is 7.91. The van der Waals surface area contributed by atoms with E-state index in [-0.39, 0.29) is 17.6 Å². The molecule has 0 bridgehead atoms. The van der Waals surface area contributed by atoms with E-state index in [1.165, 1.54) is 36.3 Å². The van der Waals surface area contributed by atoms with E-state index in [1.807, 2.05) is 30.3 Å². The molecular formula is C21H18N4O4S2. The van der Waals surface area contributed by atoms with E-state index in [2.05, 4.69) is 25.6 Å². The summed E-state index contributed by atoms with van der Waals surface area (Å²) in [7, 11) is 1.31. The van der Waals surface area contributed by atoms with Gasteiger partial charge in [-0.2, -0.15) is 0 Å². The lowest BCUT2D eigenvalue weighted by molar-refractivity contribution is -0.114. The lowest BCUT2D eigenvalue weighted by Crippen LogP contribution is -2.14. The molecule has 10 heteroatoms. The number of hydrogen-bond donors (Lipinski definition) is 2. The van der Waals surface area contributed by atoms with Crippen molar-refractivity contribution in [3.63, 3.8) is 0 Å². The highest BCUT2D eigenvalue weighted by molar-refractivity contribution is 8.01. The predicted octanol–water partition coefficient (Wildman–Crippen LogP) is 3.71. The SMILES string of the molecule is COC(=O)c1ccc(NC(=O)CSc2nnc(NC(=O)C=Cc3ccccc3)s2)cc1. The molecule has 0 atom stereocenters. The molecule has 2 amide bonds. The smallest absolute Gasteiger partial charge is 0.337 e. The van der Waals surface area contributed by atoms with Crippen LogP contribution in [0.15, 0.2) is 65.0 Å². The Balaban J connectivity index is 1.45. The zero-order chi connectivity index (χ0) is 22.1. The standard InChI is InChI=1S/C21H18N4O4S2/c1-29-19(28)15-8-10-16(11-9-15)22-18(27)13-30-21-25-24-20(31-21)23-17(26)12-7-14-5-3-2-4-6-14/h2-12H,13H2,1H3,(H,22,27)(H,23,24,26). The molecule has 0 aliphatic heterocycles. The van der Waals surface area contributed by atoms with Crippen LogP contribution in [0, 0.1) is 0 Å². The molecule has 2 aromatic carbocycles. The molecule has 0 fully saturated rings. The van der Waals surface area contributed by atoms with Crippen molar-refractivity contribution in [3.8, 4) is 0 Å². The Hall–Kier alpha value is -3.50. The number of rotatable bonds is 8. The first-order chi connectivity index (χ1) is 15.0. The average molecular weight is 455 g/mol. The third-order valence-electron chi connectivity index (χ3n) is 3.78. The maximum atomic E-state index is 12.1.